The van der Waals surface area contributed by atoms with Crippen molar-refractivity contribution in [3.8, 4) is 0 Å². The number of anilines is 1. The number of amides is 1. The first-order chi connectivity index (χ1) is 9.52. The van der Waals surface area contributed by atoms with Crippen molar-refractivity contribution in [1.82, 2.24) is 0 Å². The number of hydrogen-bond donors (Lipinski definition) is 1. The highest BCUT2D eigenvalue weighted by Crippen LogP contribution is 2.22. The summed E-state index contributed by atoms with van der Waals surface area (Å²) in [5.41, 5.74) is 2.37. The van der Waals surface area contributed by atoms with E-state index in [-0.39, 0.29) is 5.91 Å². The number of benzene rings is 1. The lowest BCUT2D eigenvalue weighted by Crippen LogP contribution is -2.13. The monoisotopic (exact) mass is 401 g/mol. The van der Waals surface area contributed by atoms with Gasteiger partial charge in [-0.05, 0) is 53.3 Å². The summed E-state index contributed by atoms with van der Waals surface area (Å²) in [7, 11) is 1.33. The molecule has 0 unspecified atom stereocenters. The molecule has 0 spiro atoms. The van der Waals surface area contributed by atoms with Crippen LogP contribution in [-0.4, -0.2) is 19.0 Å². The first-order valence-corrected chi connectivity index (χ1v) is 7.72. The Bertz CT molecular complexity index is 666. The fraction of sp³-hybridized carbons (Fsp3) is 0.143. The van der Waals surface area contributed by atoms with Gasteiger partial charge in [0.1, 0.15) is 0 Å². The molecule has 4 nitrogen and oxygen atoms in total. The van der Waals surface area contributed by atoms with Crippen molar-refractivity contribution in [3.63, 3.8) is 0 Å². The van der Waals surface area contributed by atoms with Gasteiger partial charge in [0.2, 0.25) is 0 Å². The van der Waals surface area contributed by atoms with E-state index >= 15 is 0 Å². The van der Waals surface area contributed by atoms with Gasteiger partial charge in [0.25, 0.3) is 5.91 Å². The van der Waals surface area contributed by atoms with E-state index in [0.29, 0.717) is 22.4 Å². The van der Waals surface area contributed by atoms with Crippen LogP contribution in [0.5, 0.6) is 0 Å². The quantitative estimate of drug-likeness (QED) is 0.631. The number of rotatable bonds is 3. The van der Waals surface area contributed by atoms with E-state index < -0.39 is 5.97 Å². The molecule has 1 N–H and O–H groups in total. The van der Waals surface area contributed by atoms with Crippen molar-refractivity contribution < 1.29 is 14.3 Å². The summed E-state index contributed by atoms with van der Waals surface area (Å²) < 4.78 is 5.76. The first-order valence-electron chi connectivity index (χ1n) is 5.76. The number of carbonyl (C=O) groups is 2. The summed E-state index contributed by atoms with van der Waals surface area (Å²) in [5.74, 6) is -0.599. The van der Waals surface area contributed by atoms with Gasteiger partial charge in [0.05, 0.1) is 21.1 Å². The van der Waals surface area contributed by atoms with Crippen molar-refractivity contribution in [3.05, 3.63) is 49.2 Å². The standard InChI is InChI=1S/C14H12INO3S/c1-8-10(14(18)19-2)4-3-5-11(8)16-13(17)9-6-12(15)20-7-9/h3-7H,1-2H3,(H,16,17). The zero-order valence-electron chi connectivity index (χ0n) is 10.9. The van der Waals surface area contributed by atoms with Crippen LogP contribution in [0.1, 0.15) is 26.3 Å². The Morgan fingerprint density at radius 2 is 2.10 bits per heavy atom. The van der Waals surface area contributed by atoms with Crippen LogP contribution < -0.4 is 5.32 Å². The molecule has 1 amide bonds. The SMILES string of the molecule is COC(=O)c1cccc(NC(=O)c2csc(I)c2)c1C. The molecular formula is C14H12INO3S. The van der Waals surface area contributed by atoms with E-state index in [1.807, 2.05) is 6.07 Å². The second-order valence-electron chi connectivity index (χ2n) is 4.06. The smallest absolute Gasteiger partial charge is 0.338 e. The minimum Gasteiger partial charge on any atom is -0.465 e. The van der Waals surface area contributed by atoms with Gasteiger partial charge in [0, 0.05) is 11.1 Å². The number of halogens is 1. The third-order valence-electron chi connectivity index (χ3n) is 2.82. The van der Waals surface area contributed by atoms with Crippen molar-refractivity contribution in [1.29, 1.82) is 0 Å². The lowest BCUT2D eigenvalue weighted by molar-refractivity contribution is 0.0599. The van der Waals surface area contributed by atoms with Gasteiger partial charge in [-0.25, -0.2) is 4.79 Å². The van der Waals surface area contributed by atoms with Crippen molar-refractivity contribution in [2.45, 2.75) is 6.92 Å². The Morgan fingerprint density at radius 3 is 2.70 bits per heavy atom. The highest BCUT2D eigenvalue weighted by Gasteiger charge is 2.14. The highest BCUT2D eigenvalue weighted by molar-refractivity contribution is 14.1. The molecule has 0 fully saturated rings. The van der Waals surface area contributed by atoms with Gasteiger partial charge < -0.3 is 10.1 Å². The van der Waals surface area contributed by atoms with E-state index in [1.54, 1.807) is 30.5 Å². The first kappa shape index (κ1) is 15.0. The van der Waals surface area contributed by atoms with Crippen LogP contribution in [-0.2, 0) is 4.74 Å². The molecule has 0 aliphatic rings. The zero-order chi connectivity index (χ0) is 14.7. The number of esters is 1. The molecule has 0 aliphatic heterocycles. The molecule has 2 aromatic rings. The molecule has 0 radical (unpaired) electrons. The lowest BCUT2D eigenvalue weighted by atomic mass is 10.1. The number of carbonyl (C=O) groups excluding carboxylic acids is 2. The summed E-state index contributed by atoms with van der Waals surface area (Å²) in [6, 6.07) is 6.97. The van der Waals surface area contributed by atoms with E-state index in [0.717, 1.165) is 2.88 Å². The normalized spacial score (nSPS) is 10.2. The lowest BCUT2D eigenvalue weighted by Gasteiger charge is -2.10. The summed E-state index contributed by atoms with van der Waals surface area (Å²) in [5, 5.41) is 4.62. The number of ether oxygens (including phenoxy) is 1. The largest absolute Gasteiger partial charge is 0.465 e. The van der Waals surface area contributed by atoms with Crippen LogP contribution >= 0.6 is 33.9 Å². The number of hydrogen-bond acceptors (Lipinski definition) is 4. The molecule has 0 saturated heterocycles. The summed E-state index contributed by atoms with van der Waals surface area (Å²) in [4.78, 5) is 23.7. The van der Waals surface area contributed by atoms with E-state index in [2.05, 4.69) is 27.9 Å². The average Bonchev–Trinajstić information content (AvgIpc) is 2.87. The van der Waals surface area contributed by atoms with Crippen molar-refractivity contribution in [2.75, 3.05) is 12.4 Å². The van der Waals surface area contributed by atoms with Crippen LogP contribution in [0.15, 0.2) is 29.6 Å². The van der Waals surface area contributed by atoms with E-state index in [1.165, 1.54) is 18.4 Å². The van der Waals surface area contributed by atoms with Gasteiger partial charge in [-0.3, -0.25) is 4.79 Å². The third-order valence-corrected chi connectivity index (χ3v) is 4.61. The fourth-order valence-corrected chi connectivity index (χ4v) is 3.05. The molecule has 1 aromatic heterocycles. The summed E-state index contributed by atoms with van der Waals surface area (Å²) in [6.45, 7) is 1.78. The van der Waals surface area contributed by atoms with Gasteiger partial charge in [-0.15, -0.1) is 11.3 Å². The Balaban J connectivity index is 2.26. The molecule has 0 aliphatic carbocycles. The molecule has 2 rings (SSSR count). The molecule has 0 atom stereocenters. The molecule has 0 bridgehead atoms. The van der Waals surface area contributed by atoms with Gasteiger partial charge in [0.15, 0.2) is 0 Å². The maximum absolute atomic E-state index is 12.1. The van der Waals surface area contributed by atoms with Gasteiger partial charge in [-0.1, -0.05) is 6.07 Å². The predicted octanol–water partition coefficient (Wildman–Crippen LogP) is 3.70. The van der Waals surface area contributed by atoms with Gasteiger partial charge in [-0.2, -0.15) is 0 Å². The Morgan fingerprint density at radius 1 is 1.35 bits per heavy atom. The molecular weight excluding hydrogens is 389 g/mol. The Kier molecular flexibility index (Phi) is 4.77. The van der Waals surface area contributed by atoms with Crippen LogP contribution in [0, 0.1) is 9.81 Å². The molecule has 104 valence electrons. The second kappa shape index (κ2) is 6.36. The average molecular weight is 401 g/mol. The number of methoxy groups -OCH3 is 1. The highest BCUT2D eigenvalue weighted by atomic mass is 127. The van der Waals surface area contributed by atoms with Crippen LogP contribution in [0.3, 0.4) is 0 Å². The number of nitrogens with one attached hydrogen (secondary N) is 1. The van der Waals surface area contributed by atoms with E-state index in [9.17, 15) is 9.59 Å². The van der Waals surface area contributed by atoms with Crippen LogP contribution in [0.25, 0.3) is 0 Å². The van der Waals surface area contributed by atoms with Crippen LogP contribution in [0.2, 0.25) is 0 Å². The third kappa shape index (κ3) is 3.18. The molecule has 1 aromatic carbocycles. The summed E-state index contributed by atoms with van der Waals surface area (Å²) >= 11 is 3.68. The Hall–Kier alpha value is -1.41. The minimum atomic E-state index is -0.413. The van der Waals surface area contributed by atoms with Crippen molar-refractivity contribution >= 4 is 51.5 Å². The molecule has 1 heterocycles. The molecule has 0 saturated carbocycles. The fourth-order valence-electron chi connectivity index (χ4n) is 1.73. The number of thiophene rings is 1. The van der Waals surface area contributed by atoms with E-state index in [4.69, 9.17) is 4.74 Å². The molecule has 20 heavy (non-hydrogen) atoms. The van der Waals surface area contributed by atoms with Crippen molar-refractivity contribution in [2.24, 2.45) is 0 Å². The zero-order valence-corrected chi connectivity index (χ0v) is 13.9. The van der Waals surface area contributed by atoms with Crippen LogP contribution in [0.4, 0.5) is 5.69 Å². The Labute approximate surface area is 134 Å². The topological polar surface area (TPSA) is 55.4 Å². The maximum Gasteiger partial charge on any atom is 0.338 e. The summed E-state index contributed by atoms with van der Waals surface area (Å²) in [6.07, 6.45) is 0. The van der Waals surface area contributed by atoms with Gasteiger partial charge >= 0.3 is 5.97 Å². The minimum absolute atomic E-state index is 0.186. The maximum atomic E-state index is 12.1. The predicted molar refractivity (Wildman–Crippen MR) is 87.5 cm³/mol. The second-order valence-corrected chi connectivity index (χ2v) is 6.87. The molecule has 6 heteroatoms.